The largest absolute Gasteiger partial charge is 0.341 e. The van der Waals surface area contributed by atoms with Crippen LogP contribution in [-0.2, 0) is 4.79 Å². The highest BCUT2D eigenvalue weighted by molar-refractivity contribution is 8.00. The number of nitrogens with zero attached hydrogens (tertiary/aromatic N) is 1. The van der Waals surface area contributed by atoms with Gasteiger partial charge in [0, 0.05) is 29.0 Å². The molecule has 0 saturated carbocycles. The lowest BCUT2D eigenvalue weighted by molar-refractivity contribution is -0.132. The summed E-state index contributed by atoms with van der Waals surface area (Å²) in [6.45, 7) is 5.65. The molecule has 21 heavy (non-hydrogen) atoms. The molecule has 3 nitrogen and oxygen atoms in total. The monoisotopic (exact) mass is 326 g/mol. The Bertz CT molecular complexity index is 478. The summed E-state index contributed by atoms with van der Waals surface area (Å²) < 4.78 is 0. The lowest BCUT2D eigenvalue weighted by atomic mass is 9.92. The average molecular weight is 327 g/mol. The SMILES string of the molecule is CC(Sc1ccc(Cl)cc1)C(=O)N1CCCC(C(C)N)C1. The predicted octanol–water partition coefficient (Wildman–Crippen LogP) is 3.41. The molecule has 1 saturated heterocycles. The first-order valence-corrected chi connectivity index (χ1v) is 8.69. The smallest absolute Gasteiger partial charge is 0.235 e. The molecule has 1 fully saturated rings. The van der Waals surface area contributed by atoms with Crippen LogP contribution in [0.2, 0.25) is 5.02 Å². The van der Waals surface area contributed by atoms with Crippen LogP contribution in [0.4, 0.5) is 0 Å². The Morgan fingerprint density at radius 1 is 1.38 bits per heavy atom. The fourth-order valence-electron chi connectivity index (χ4n) is 2.66. The van der Waals surface area contributed by atoms with Gasteiger partial charge in [-0.05, 0) is 56.9 Å². The molecule has 1 aliphatic rings. The average Bonchev–Trinajstić information content (AvgIpc) is 2.49. The highest BCUT2D eigenvalue weighted by Crippen LogP contribution is 2.27. The van der Waals surface area contributed by atoms with Gasteiger partial charge in [-0.3, -0.25) is 4.79 Å². The zero-order valence-corrected chi connectivity index (χ0v) is 14.2. The van der Waals surface area contributed by atoms with E-state index < -0.39 is 0 Å². The minimum atomic E-state index is -0.0852. The number of nitrogens with two attached hydrogens (primary N) is 1. The third-order valence-corrected chi connectivity index (χ3v) is 5.34. The Morgan fingerprint density at radius 2 is 2.05 bits per heavy atom. The highest BCUT2D eigenvalue weighted by atomic mass is 35.5. The van der Waals surface area contributed by atoms with Crippen LogP contribution >= 0.6 is 23.4 Å². The molecule has 2 rings (SSSR count). The Hall–Kier alpha value is -0.710. The lowest BCUT2D eigenvalue weighted by Crippen LogP contribution is -2.47. The number of hydrogen-bond donors (Lipinski definition) is 1. The first-order chi connectivity index (χ1) is 9.97. The van der Waals surface area contributed by atoms with Crippen molar-refractivity contribution in [1.29, 1.82) is 0 Å². The number of benzene rings is 1. The summed E-state index contributed by atoms with van der Waals surface area (Å²) in [6.07, 6.45) is 2.18. The van der Waals surface area contributed by atoms with E-state index in [0.29, 0.717) is 10.9 Å². The number of thioether (sulfide) groups is 1. The van der Waals surface area contributed by atoms with Crippen LogP contribution in [0.1, 0.15) is 26.7 Å². The van der Waals surface area contributed by atoms with Gasteiger partial charge in [0.15, 0.2) is 0 Å². The molecular formula is C16H23ClN2OS. The maximum absolute atomic E-state index is 12.6. The van der Waals surface area contributed by atoms with E-state index in [1.165, 1.54) is 0 Å². The molecule has 1 heterocycles. The summed E-state index contributed by atoms with van der Waals surface area (Å²) in [7, 11) is 0. The second kappa shape index (κ2) is 7.52. The van der Waals surface area contributed by atoms with Crippen molar-refractivity contribution in [1.82, 2.24) is 4.90 Å². The molecule has 0 bridgehead atoms. The van der Waals surface area contributed by atoms with Gasteiger partial charge in [-0.25, -0.2) is 0 Å². The van der Waals surface area contributed by atoms with Gasteiger partial charge in [0.1, 0.15) is 0 Å². The van der Waals surface area contributed by atoms with Crippen LogP contribution in [0, 0.1) is 5.92 Å². The van der Waals surface area contributed by atoms with Crippen molar-refractivity contribution in [3.63, 3.8) is 0 Å². The van der Waals surface area contributed by atoms with Gasteiger partial charge in [0.25, 0.3) is 0 Å². The zero-order chi connectivity index (χ0) is 15.4. The van der Waals surface area contributed by atoms with Crippen LogP contribution in [-0.4, -0.2) is 35.2 Å². The molecule has 1 amide bonds. The highest BCUT2D eigenvalue weighted by Gasteiger charge is 2.28. The fourth-order valence-corrected chi connectivity index (χ4v) is 3.74. The molecule has 2 N–H and O–H groups in total. The molecule has 0 aliphatic carbocycles. The first kappa shape index (κ1) is 16.7. The molecule has 3 atom stereocenters. The van der Waals surface area contributed by atoms with Crippen molar-refractivity contribution in [2.24, 2.45) is 11.7 Å². The molecule has 1 aromatic carbocycles. The fraction of sp³-hybridized carbons (Fsp3) is 0.562. The number of amides is 1. The number of halogens is 1. The Morgan fingerprint density at radius 3 is 2.67 bits per heavy atom. The van der Waals surface area contributed by atoms with E-state index in [-0.39, 0.29) is 17.2 Å². The number of likely N-dealkylation sites (tertiary alicyclic amines) is 1. The van der Waals surface area contributed by atoms with Gasteiger partial charge in [-0.1, -0.05) is 11.6 Å². The van der Waals surface area contributed by atoms with Crippen molar-refractivity contribution >= 4 is 29.3 Å². The van der Waals surface area contributed by atoms with E-state index in [1.54, 1.807) is 11.8 Å². The van der Waals surface area contributed by atoms with Crippen LogP contribution < -0.4 is 5.73 Å². The topological polar surface area (TPSA) is 46.3 Å². The van der Waals surface area contributed by atoms with Crippen LogP contribution in [0.5, 0.6) is 0 Å². The molecule has 0 radical (unpaired) electrons. The maximum Gasteiger partial charge on any atom is 0.235 e. The Balaban J connectivity index is 1.93. The molecular weight excluding hydrogens is 304 g/mol. The number of rotatable bonds is 4. The van der Waals surface area contributed by atoms with Crippen molar-refractivity contribution in [3.8, 4) is 0 Å². The summed E-state index contributed by atoms with van der Waals surface area (Å²) in [5.74, 6) is 0.635. The predicted molar refractivity (Wildman–Crippen MR) is 89.7 cm³/mol. The van der Waals surface area contributed by atoms with Crippen LogP contribution in [0.25, 0.3) is 0 Å². The maximum atomic E-state index is 12.6. The van der Waals surface area contributed by atoms with Crippen LogP contribution in [0.3, 0.4) is 0 Å². The lowest BCUT2D eigenvalue weighted by Gasteiger charge is -2.35. The molecule has 116 valence electrons. The second-order valence-corrected chi connectivity index (χ2v) is 7.61. The third kappa shape index (κ3) is 4.63. The van der Waals surface area contributed by atoms with Crippen LogP contribution in [0.15, 0.2) is 29.2 Å². The molecule has 1 aromatic rings. The van der Waals surface area contributed by atoms with Crippen molar-refractivity contribution in [2.75, 3.05) is 13.1 Å². The normalized spacial score (nSPS) is 21.9. The molecule has 3 unspecified atom stereocenters. The van der Waals surface area contributed by atoms with E-state index in [9.17, 15) is 4.79 Å². The van der Waals surface area contributed by atoms with Gasteiger partial charge in [-0.15, -0.1) is 11.8 Å². The Labute approximate surface area is 136 Å². The van der Waals surface area contributed by atoms with E-state index in [2.05, 4.69) is 0 Å². The third-order valence-electron chi connectivity index (χ3n) is 3.99. The summed E-state index contributed by atoms with van der Waals surface area (Å²) >= 11 is 7.46. The van der Waals surface area contributed by atoms with Crippen molar-refractivity contribution < 1.29 is 4.79 Å². The van der Waals surface area contributed by atoms with Gasteiger partial charge in [0.2, 0.25) is 5.91 Å². The minimum Gasteiger partial charge on any atom is -0.341 e. The number of hydrogen-bond acceptors (Lipinski definition) is 3. The summed E-state index contributed by atoms with van der Waals surface area (Å²) in [5, 5.41) is 0.632. The van der Waals surface area contributed by atoms with Gasteiger partial charge in [-0.2, -0.15) is 0 Å². The molecule has 5 heteroatoms. The summed E-state index contributed by atoms with van der Waals surface area (Å²) in [6, 6.07) is 7.78. The van der Waals surface area contributed by atoms with E-state index >= 15 is 0 Å². The number of piperidine rings is 1. The van der Waals surface area contributed by atoms with Gasteiger partial charge >= 0.3 is 0 Å². The molecule has 1 aliphatic heterocycles. The summed E-state index contributed by atoms with van der Waals surface area (Å²) in [5.41, 5.74) is 5.99. The number of carbonyl (C=O) groups is 1. The first-order valence-electron chi connectivity index (χ1n) is 7.44. The van der Waals surface area contributed by atoms with Gasteiger partial charge in [0.05, 0.1) is 5.25 Å². The van der Waals surface area contributed by atoms with Crippen molar-refractivity contribution in [3.05, 3.63) is 29.3 Å². The van der Waals surface area contributed by atoms with E-state index in [4.69, 9.17) is 17.3 Å². The standard InChI is InChI=1S/C16H23ClN2OS/c1-11(18)13-4-3-9-19(10-13)16(20)12(2)21-15-7-5-14(17)6-8-15/h5-8,11-13H,3-4,9-10,18H2,1-2H3. The summed E-state index contributed by atoms with van der Waals surface area (Å²) in [4.78, 5) is 15.6. The number of carbonyl (C=O) groups excluding carboxylic acids is 1. The molecule has 0 spiro atoms. The van der Waals surface area contributed by atoms with Gasteiger partial charge < -0.3 is 10.6 Å². The Kier molecular flexibility index (Phi) is 5.97. The minimum absolute atomic E-state index is 0.0852. The zero-order valence-electron chi connectivity index (χ0n) is 12.6. The van der Waals surface area contributed by atoms with Crippen molar-refractivity contribution in [2.45, 2.75) is 42.9 Å². The second-order valence-electron chi connectivity index (χ2n) is 5.76. The van der Waals surface area contributed by atoms with E-state index in [0.717, 1.165) is 30.8 Å². The van der Waals surface area contributed by atoms with E-state index in [1.807, 2.05) is 43.0 Å². The quantitative estimate of drug-likeness (QED) is 0.862. The molecule has 0 aromatic heterocycles.